The Hall–Kier alpha value is -3.39. The first kappa shape index (κ1) is 23.3. The van der Waals surface area contributed by atoms with Crippen LogP contribution in [0.3, 0.4) is 0 Å². The van der Waals surface area contributed by atoms with Gasteiger partial charge in [-0.25, -0.2) is 4.79 Å². The summed E-state index contributed by atoms with van der Waals surface area (Å²) in [6, 6.07) is 16.8. The molecule has 0 bridgehead atoms. The molecule has 1 heterocycles. The highest BCUT2D eigenvalue weighted by Crippen LogP contribution is 2.24. The summed E-state index contributed by atoms with van der Waals surface area (Å²) >= 11 is 3.34. The zero-order chi connectivity index (χ0) is 23.3. The number of nitrogens with zero attached hydrogens (tertiary/aromatic N) is 1. The van der Waals surface area contributed by atoms with E-state index in [0.717, 1.165) is 27.1 Å². The predicted octanol–water partition coefficient (Wildman–Crippen LogP) is 4.08. The molecular weight excluding hydrogens is 474 g/mol. The minimum Gasteiger partial charge on any atom is -0.452 e. The van der Waals surface area contributed by atoms with Crippen LogP contribution < -0.4 is 10.6 Å². The highest BCUT2D eigenvalue weighted by Gasteiger charge is 2.19. The summed E-state index contributed by atoms with van der Waals surface area (Å²) in [6.07, 6.45) is 0. The summed E-state index contributed by atoms with van der Waals surface area (Å²) in [5.41, 5.74) is 4.67. The molecule has 1 aromatic heterocycles. The van der Waals surface area contributed by atoms with E-state index in [1.54, 1.807) is 24.3 Å². The third-order valence-corrected chi connectivity index (χ3v) is 5.63. The summed E-state index contributed by atoms with van der Waals surface area (Å²) in [4.78, 5) is 36.6. The van der Waals surface area contributed by atoms with Crippen LogP contribution in [0.1, 0.15) is 27.3 Å². The van der Waals surface area contributed by atoms with Crippen LogP contribution >= 0.6 is 15.9 Å². The van der Waals surface area contributed by atoms with Crippen molar-refractivity contribution in [3.63, 3.8) is 0 Å². The number of aromatic nitrogens is 1. The van der Waals surface area contributed by atoms with Crippen molar-refractivity contribution in [2.24, 2.45) is 0 Å². The number of rotatable bonds is 7. The number of halogens is 1. The Balaban J connectivity index is 1.55. The SMILES string of the molecule is Cc1ccccc1-n1c(C)cc(C(=O)OCC(=O)NCC(=O)Nc2ccccc2Br)c1C. The molecule has 8 heteroatoms. The van der Waals surface area contributed by atoms with E-state index in [-0.39, 0.29) is 6.54 Å². The second kappa shape index (κ2) is 10.3. The van der Waals surface area contributed by atoms with Crippen molar-refractivity contribution in [2.75, 3.05) is 18.5 Å². The Kier molecular flexibility index (Phi) is 7.48. The van der Waals surface area contributed by atoms with Crippen molar-refractivity contribution < 1.29 is 19.1 Å². The van der Waals surface area contributed by atoms with Crippen LogP contribution in [0.2, 0.25) is 0 Å². The van der Waals surface area contributed by atoms with E-state index in [1.807, 2.05) is 55.7 Å². The number of amides is 2. The topological polar surface area (TPSA) is 89.4 Å². The van der Waals surface area contributed by atoms with Gasteiger partial charge in [0.25, 0.3) is 5.91 Å². The molecule has 166 valence electrons. The first-order valence-corrected chi connectivity index (χ1v) is 10.8. The predicted molar refractivity (Wildman–Crippen MR) is 126 cm³/mol. The molecule has 0 radical (unpaired) electrons. The van der Waals surface area contributed by atoms with Gasteiger partial charge in [-0.15, -0.1) is 0 Å². The third-order valence-electron chi connectivity index (χ3n) is 4.94. The molecule has 2 amide bonds. The van der Waals surface area contributed by atoms with Crippen molar-refractivity contribution in [3.8, 4) is 5.69 Å². The molecule has 0 saturated heterocycles. The van der Waals surface area contributed by atoms with Gasteiger partial charge in [0.1, 0.15) is 0 Å². The number of ether oxygens (including phenoxy) is 1. The van der Waals surface area contributed by atoms with Gasteiger partial charge in [-0.2, -0.15) is 0 Å². The number of hydrogen-bond acceptors (Lipinski definition) is 4. The fourth-order valence-corrected chi connectivity index (χ4v) is 3.73. The highest BCUT2D eigenvalue weighted by atomic mass is 79.9. The third kappa shape index (κ3) is 5.45. The Labute approximate surface area is 194 Å². The molecule has 7 nitrogen and oxygen atoms in total. The molecule has 0 saturated carbocycles. The molecule has 32 heavy (non-hydrogen) atoms. The molecule has 0 aliphatic heterocycles. The van der Waals surface area contributed by atoms with Gasteiger partial charge < -0.3 is 19.9 Å². The Morgan fingerprint density at radius 3 is 2.38 bits per heavy atom. The number of carbonyl (C=O) groups is 3. The van der Waals surface area contributed by atoms with Gasteiger partial charge in [0.15, 0.2) is 6.61 Å². The monoisotopic (exact) mass is 497 g/mol. The van der Waals surface area contributed by atoms with Crippen LogP contribution in [0.4, 0.5) is 5.69 Å². The van der Waals surface area contributed by atoms with Crippen molar-refractivity contribution in [2.45, 2.75) is 20.8 Å². The summed E-state index contributed by atoms with van der Waals surface area (Å²) in [7, 11) is 0. The lowest BCUT2D eigenvalue weighted by Crippen LogP contribution is -2.35. The van der Waals surface area contributed by atoms with Gasteiger partial charge in [0.05, 0.1) is 17.8 Å². The summed E-state index contributed by atoms with van der Waals surface area (Å²) < 4.78 is 7.89. The van der Waals surface area contributed by atoms with E-state index in [1.165, 1.54) is 0 Å². The Morgan fingerprint density at radius 2 is 1.66 bits per heavy atom. The minimum atomic E-state index is -0.592. The molecule has 2 aromatic carbocycles. The minimum absolute atomic E-state index is 0.237. The van der Waals surface area contributed by atoms with Crippen molar-refractivity contribution in [3.05, 3.63) is 81.6 Å². The van der Waals surface area contributed by atoms with E-state index in [9.17, 15) is 14.4 Å². The van der Waals surface area contributed by atoms with E-state index in [2.05, 4.69) is 26.6 Å². The Bertz CT molecular complexity index is 1170. The van der Waals surface area contributed by atoms with Crippen molar-refractivity contribution in [1.29, 1.82) is 0 Å². The maximum atomic E-state index is 12.6. The molecule has 3 aromatic rings. The Morgan fingerprint density at radius 1 is 0.969 bits per heavy atom. The molecule has 0 spiro atoms. The lowest BCUT2D eigenvalue weighted by Gasteiger charge is -2.12. The van der Waals surface area contributed by atoms with Crippen LogP contribution in [-0.2, 0) is 14.3 Å². The van der Waals surface area contributed by atoms with E-state index < -0.39 is 24.4 Å². The van der Waals surface area contributed by atoms with E-state index in [0.29, 0.717) is 11.3 Å². The van der Waals surface area contributed by atoms with Crippen LogP contribution in [0.15, 0.2) is 59.1 Å². The lowest BCUT2D eigenvalue weighted by molar-refractivity contribution is -0.126. The van der Waals surface area contributed by atoms with Crippen LogP contribution in [-0.4, -0.2) is 35.5 Å². The number of aryl methyl sites for hydroxylation is 2. The lowest BCUT2D eigenvalue weighted by atomic mass is 10.2. The molecule has 0 aliphatic rings. The first-order chi connectivity index (χ1) is 15.3. The standard InChI is InChI=1S/C24H24BrN3O4/c1-15-8-4-7-11-21(15)28-16(2)12-18(17(28)3)24(31)32-14-23(30)26-13-22(29)27-20-10-6-5-9-19(20)25/h4-12H,13-14H2,1-3H3,(H,26,30)(H,27,29). The van der Waals surface area contributed by atoms with E-state index in [4.69, 9.17) is 4.74 Å². The van der Waals surface area contributed by atoms with Gasteiger partial charge in [0, 0.05) is 21.5 Å². The number of carbonyl (C=O) groups excluding carboxylic acids is 3. The van der Waals surface area contributed by atoms with Gasteiger partial charge in [-0.05, 0) is 66.5 Å². The average Bonchev–Trinajstić information content (AvgIpc) is 3.06. The van der Waals surface area contributed by atoms with Gasteiger partial charge >= 0.3 is 5.97 Å². The van der Waals surface area contributed by atoms with Crippen molar-refractivity contribution in [1.82, 2.24) is 9.88 Å². The maximum absolute atomic E-state index is 12.6. The fraction of sp³-hybridized carbons (Fsp3) is 0.208. The summed E-state index contributed by atoms with van der Waals surface area (Å²) in [5.74, 6) is -1.54. The number of para-hydroxylation sites is 2. The van der Waals surface area contributed by atoms with Crippen molar-refractivity contribution >= 4 is 39.4 Å². The quantitative estimate of drug-likeness (QED) is 0.481. The zero-order valence-electron chi connectivity index (χ0n) is 18.1. The molecule has 0 aliphatic carbocycles. The van der Waals surface area contributed by atoms with Crippen LogP contribution in [0, 0.1) is 20.8 Å². The maximum Gasteiger partial charge on any atom is 0.340 e. The number of esters is 1. The molecule has 0 unspecified atom stereocenters. The van der Waals surface area contributed by atoms with Crippen LogP contribution in [0.25, 0.3) is 5.69 Å². The zero-order valence-corrected chi connectivity index (χ0v) is 19.7. The normalized spacial score (nSPS) is 10.5. The van der Waals surface area contributed by atoms with Gasteiger partial charge in [0.2, 0.25) is 5.91 Å². The fourth-order valence-electron chi connectivity index (χ4n) is 3.35. The molecule has 3 rings (SSSR count). The number of anilines is 1. The highest BCUT2D eigenvalue weighted by molar-refractivity contribution is 9.10. The second-order valence-corrected chi connectivity index (χ2v) is 8.14. The number of nitrogens with one attached hydrogen (secondary N) is 2. The molecule has 0 fully saturated rings. The van der Waals surface area contributed by atoms with E-state index >= 15 is 0 Å². The summed E-state index contributed by atoms with van der Waals surface area (Å²) in [5, 5.41) is 5.13. The smallest absolute Gasteiger partial charge is 0.340 e. The first-order valence-electron chi connectivity index (χ1n) is 10.0. The summed E-state index contributed by atoms with van der Waals surface area (Å²) in [6.45, 7) is 5.03. The number of benzene rings is 2. The second-order valence-electron chi connectivity index (χ2n) is 7.29. The largest absolute Gasteiger partial charge is 0.452 e. The van der Waals surface area contributed by atoms with Crippen LogP contribution in [0.5, 0.6) is 0 Å². The van der Waals surface area contributed by atoms with Gasteiger partial charge in [-0.1, -0.05) is 30.3 Å². The average molecular weight is 498 g/mol. The number of hydrogen-bond donors (Lipinski definition) is 2. The molecule has 2 N–H and O–H groups in total. The molecular formula is C24H24BrN3O4. The molecule has 0 atom stereocenters. The van der Waals surface area contributed by atoms with Gasteiger partial charge in [-0.3, -0.25) is 9.59 Å².